The first kappa shape index (κ1) is 18.3. The van der Waals surface area contributed by atoms with E-state index in [2.05, 4.69) is 15.6 Å². The first-order chi connectivity index (χ1) is 12.9. The highest BCUT2D eigenvalue weighted by atomic mass is 16.2. The van der Waals surface area contributed by atoms with E-state index in [1.54, 1.807) is 6.07 Å². The van der Waals surface area contributed by atoms with E-state index in [9.17, 15) is 9.59 Å². The highest BCUT2D eigenvalue weighted by molar-refractivity contribution is 6.07. The van der Waals surface area contributed by atoms with Crippen LogP contribution in [0.3, 0.4) is 0 Å². The molecule has 5 nitrogen and oxygen atoms in total. The molecule has 2 amide bonds. The molecule has 0 aliphatic carbocycles. The van der Waals surface area contributed by atoms with Gasteiger partial charge in [-0.05, 0) is 73.9 Å². The summed E-state index contributed by atoms with van der Waals surface area (Å²) in [4.78, 5) is 29.0. The van der Waals surface area contributed by atoms with Crippen molar-refractivity contribution in [3.05, 3.63) is 88.7 Å². The molecular weight excluding hydrogens is 338 g/mol. The number of aryl methyl sites for hydroxylation is 3. The first-order valence-electron chi connectivity index (χ1n) is 8.65. The van der Waals surface area contributed by atoms with Crippen LogP contribution in [0.25, 0.3) is 0 Å². The number of hydrogen-bond donors (Lipinski definition) is 2. The van der Waals surface area contributed by atoms with Crippen LogP contribution >= 0.6 is 0 Å². The molecule has 3 aromatic rings. The number of aromatic nitrogens is 1. The maximum absolute atomic E-state index is 12.5. The van der Waals surface area contributed by atoms with Crippen molar-refractivity contribution < 1.29 is 9.59 Å². The average molecular weight is 359 g/mol. The Bertz CT molecular complexity index is 1010. The van der Waals surface area contributed by atoms with Crippen LogP contribution in [0.15, 0.2) is 60.8 Å². The third kappa shape index (κ3) is 4.58. The van der Waals surface area contributed by atoms with E-state index in [0.29, 0.717) is 16.9 Å². The average Bonchev–Trinajstić information content (AvgIpc) is 2.65. The zero-order valence-electron chi connectivity index (χ0n) is 15.5. The SMILES string of the molecule is Cc1cccc(NC(=O)c2ccnc(C(=O)Nc3ccc(C)c(C)c3)c2)c1. The predicted molar refractivity (Wildman–Crippen MR) is 107 cm³/mol. The largest absolute Gasteiger partial charge is 0.322 e. The van der Waals surface area contributed by atoms with Gasteiger partial charge in [-0.15, -0.1) is 0 Å². The van der Waals surface area contributed by atoms with Crippen molar-refractivity contribution in [2.24, 2.45) is 0 Å². The first-order valence-corrected chi connectivity index (χ1v) is 8.65. The highest BCUT2D eigenvalue weighted by Crippen LogP contribution is 2.16. The Balaban J connectivity index is 1.75. The molecule has 2 N–H and O–H groups in total. The molecule has 2 aromatic carbocycles. The summed E-state index contributed by atoms with van der Waals surface area (Å²) in [5.41, 5.74) is 5.25. The van der Waals surface area contributed by atoms with Gasteiger partial charge in [-0.25, -0.2) is 0 Å². The van der Waals surface area contributed by atoms with E-state index < -0.39 is 0 Å². The number of rotatable bonds is 4. The number of hydrogen-bond acceptors (Lipinski definition) is 3. The van der Waals surface area contributed by atoms with Crippen LogP contribution in [-0.4, -0.2) is 16.8 Å². The molecule has 0 atom stereocenters. The molecule has 0 saturated carbocycles. The number of carbonyl (C=O) groups is 2. The van der Waals surface area contributed by atoms with Crippen LogP contribution < -0.4 is 10.6 Å². The lowest BCUT2D eigenvalue weighted by atomic mass is 10.1. The minimum absolute atomic E-state index is 0.185. The van der Waals surface area contributed by atoms with Gasteiger partial charge in [0, 0.05) is 23.1 Å². The zero-order valence-corrected chi connectivity index (χ0v) is 15.5. The summed E-state index contributed by atoms with van der Waals surface area (Å²) in [6.45, 7) is 5.95. The number of amides is 2. The fourth-order valence-electron chi connectivity index (χ4n) is 2.64. The molecule has 1 heterocycles. The minimum Gasteiger partial charge on any atom is -0.322 e. The molecule has 0 fully saturated rings. The van der Waals surface area contributed by atoms with Gasteiger partial charge in [-0.2, -0.15) is 0 Å². The summed E-state index contributed by atoms with van der Waals surface area (Å²) in [7, 11) is 0. The van der Waals surface area contributed by atoms with E-state index in [1.807, 2.05) is 63.2 Å². The topological polar surface area (TPSA) is 71.1 Å². The van der Waals surface area contributed by atoms with E-state index in [1.165, 1.54) is 12.3 Å². The van der Waals surface area contributed by atoms with Crippen LogP contribution in [0, 0.1) is 20.8 Å². The lowest BCUT2D eigenvalue weighted by Gasteiger charge is -2.09. The third-order valence-electron chi connectivity index (χ3n) is 4.30. The summed E-state index contributed by atoms with van der Waals surface area (Å²) in [6.07, 6.45) is 1.46. The van der Waals surface area contributed by atoms with Gasteiger partial charge >= 0.3 is 0 Å². The third-order valence-corrected chi connectivity index (χ3v) is 4.30. The van der Waals surface area contributed by atoms with Gasteiger partial charge in [-0.3, -0.25) is 14.6 Å². The predicted octanol–water partition coefficient (Wildman–Crippen LogP) is 4.51. The van der Waals surface area contributed by atoms with Crippen LogP contribution in [0.4, 0.5) is 11.4 Å². The van der Waals surface area contributed by atoms with Crippen LogP contribution in [0.1, 0.15) is 37.5 Å². The van der Waals surface area contributed by atoms with Crippen molar-refractivity contribution in [1.82, 2.24) is 4.98 Å². The lowest BCUT2D eigenvalue weighted by molar-refractivity contribution is 0.102. The lowest BCUT2D eigenvalue weighted by Crippen LogP contribution is -2.17. The second-order valence-electron chi connectivity index (χ2n) is 6.51. The Morgan fingerprint density at radius 1 is 0.778 bits per heavy atom. The Labute approximate surface area is 158 Å². The fraction of sp³-hybridized carbons (Fsp3) is 0.136. The molecule has 0 spiro atoms. The number of nitrogens with zero attached hydrogens (tertiary/aromatic N) is 1. The van der Waals surface area contributed by atoms with E-state index in [-0.39, 0.29) is 17.5 Å². The van der Waals surface area contributed by atoms with Crippen molar-refractivity contribution in [1.29, 1.82) is 0 Å². The van der Waals surface area contributed by atoms with Gasteiger partial charge in [0.05, 0.1) is 0 Å². The second kappa shape index (κ2) is 7.83. The number of benzene rings is 2. The molecule has 3 rings (SSSR count). The van der Waals surface area contributed by atoms with Crippen molar-refractivity contribution >= 4 is 23.2 Å². The van der Waals surface area contributed by atoms with E-state index >= 15 is 0 Å². The number of nitrogens with one attached hydrogen (secondary N) is 2. The van der Waals surface area contributed by atoms with Crippen LogP contribution in [-0.2, 0) is 0 Å². The summed E-state index contributed by atoms with van der Waals surface area (Å²) in [5, 5.41) is 5.65. The summed E-state index contributed by atoms with van der Waals surface area (Å²) in [6, 6.07) is 16.3. The van der Waals surface area contributed by atoms with Crippen LogP contribution in [0.5, 0.6) is 0 Å². The maximum atomic E-state index is 12.5. The molecular formula is C22H21N3O2. The fourth-order valence-corrected chi connectivity index (χ4v) is 2.64. The molecule has 0 aliphatic rings. The molecule has 0 aliphatic heterocycles. The molecule has 0 saturated heterocycles. The van der Waals surface area contributed by atoms with Gasteiger partial charge < -0.3 is 10.6 Å². The summed E-state index contributed by atoms with van der Waals surface area (Å²) >= 11 is 0. The van der Waals surface area contributed by atoms with Gasteiger partial charge in [0.2, 0.25) is 0 Å². The van der Waals surface area contributed by atoms with E-state index in [4.69, 9.17) is 0 Å². The van der Waals surface area contributed by atoms with Crippen molar-refractivity contribution in [3.8, 4) is 0 Å². The maximum Gasteiger partial charge on any atom is 0.274 e. The standard InChI is InChI=1S/C22H21N3O2/c1-14-5-4-6-18(11-14)24-21(26)17-9-10-23-20(13-17)22(27)25-19-8-7-15(2)16(3)12-19/h4-13H,1-3H3,(H,24,26)(H,25,27). The second-order valence-corrected chi connectivity index (χ2v) is 6.51. The Hall–Kier alpha value is -3.47. The Kier molecular flexibility index (Phi) is 5.31. The van der Waals surface area contributed by atoms with Crippen molar-refractivity contribution in [2.75, 3.05) is 10.6 Å². The molecule has 5 heteroatoms. The smallest absolute Gasteiger partial charge is 0.274 e. The minimum atomic E-state index is -0.358. The summed E-state index contributed by atoms with van der Waals surface area (Å²) < 4.78 is 0. The van der Waals surface area contributed by atoms with Gasteiger partial charge in [0.15, 0.2) is 0 Å². The van der Waals surface area contributed by atoms with Gasteiger partial charge in [0.1, 0.15) is 5.69 Å². The molecule has 0 radical (unpaired) electrons. The summed E-state index contributed by atoms with van der Waals surface area (Å²) in [5.74, 6) is -0.647. The molecule has 1 aromatic heterocycles. The molecule has 136 valence electrons. The molecule has 0 bridgehead atoms. The molecule has 27 heavy (non-hydrogen) atoms. The Morgan fingerprint density at radius 2 is 1.52 bits per heavy atom. The monoisotopic (exact) mass is 359 g/mol. The Morgan fingerprint density at radius 3 is 2.26 bits per heavy atom. The highest BCUT2D eigenvalue weighted by Gasteiger charge is 2.13. The van der Waals surface area contributed by atoms with Crippen molar-refractivity contribution in [3.63, 3.8) is 0 Å². The van der Waals surface area contributed by atoms with Crippen LogP contribution in [0.2, 0.25) is 0 Å². The zero-order chi connectivity index (χ0) is 19.4. The number of anilines is 2. The number of carbonyl (C=O) groups excluding carboxylic acids is 2. The quantitative estimate of drug-likeness (QED) is 0.720. The normalized spacial score (nSPS) is 10.3. The number of pyridine rings is 1. The van der Waals surface area contributed by atoms with Crippen molar-refractivity contribution in [2.45, 2.75) is 20.8 Å². The van der Waals surface area contributed by atoms with Gasteiger partial charge in [-0.1, -0.05) is 18.2 Å². The van der Waals surface area contributed by atoms with Gasteiger partial charge in [0.25, 0.3) is 11.8 Å². The van der Waals surface area contributed by atoms with E-state index in [0.717, 1.165) is 16.7 Å². The molecule has 0 unspecified atom stereocenters.